The molecule has 4 heteroatoms. The van der Waals surface area contributed by atoms with Crippen molar-refractivity contribution in [2.45, 2.75) is 19.5 Å². The van der Waals surface area contributed by atoms with Gasteiger partial charge in [0.1, 0.15) is 0 Å². The third-order valence-electron chi connectivity index (χ3n) is 2.04. The smallest absolute Gasteiger partial charge is 0.241 e. The van der Waals surface area contributed by atoms with Crippen LogP contribution in [0.1, 0.15) is 13.8 Å². The van der Waals surface area contributed by atoms with E-state index in [1.165, 1.54) is 0 Å². The van der Waals surface area contributed by atoms with E-state index in [1.54, 1.807) is 0 Å². The van der Waals surface area contributed by atoms with Crippen LogP contribution in [0.4, 0.5) is 5.69 Å². The summed E-state index contributed by atoms with van der Waals surface area (Å²) in [5, 5.41) is 4.06. The van der Waals surface area contributed by atoms with E-state index in [0.29, 0.717) is 0 Å². The molecular formula is C10H14N3S+. The number of hydrogen-bond acceptors (Lipinski definition) is 2. The minimum Gasteiger partial charge on any atom is -0.241 e. The van der Waals surface area contributed by atoms with Crippen molar-refractivity contribution >= 4 is 23.5 Å². The number of nitrogens with zero attached hydrogens (tertiary/aromatic N) is 1. The summed E-state index contributed by atoms with van der Waals surface area (Å²) in [6, 6.07) is 10.1. The predicted octanol–water partition coefficient (Wildman–Crippen LogP) is 1.46. The van der Waals surface area contributed by atoms with Gasteiger partial charge in [-0.15, -0.1) is 4.68 Å². The molecule has 1 aromatic carbocycles. The first kappa shape index (κ1) is 9.40. The summed E-state index contributed by atoms with van der Waals surface area (Å²) in [4.78, 5) is 0. The number of hydrazine groups is 1. The summed E-state index contributed by atoms with van der Waals surface area (Å²) < 4.78 is 1.93. The second kappa shape index (κ2) is 3.20. The first-order valence-electron chi connectivity index (χ1n) is 4.56. The Kier molecular flexibility index (Phi) is 2.15. The summed E-state index contributed by atoms with van der Waals surface area (Å²) in [5.74, 6) is 0. The summed E-state index contributed by atoms with van der Waals surface area (Å²) in [7, 11) is 0. The Morgan fingerprint density at radius 3 is 2.36 bits per heavy atom. The van der Waals surface area contributed by atoms with E-state index in [-0.39, 0.29) is 5.66 Å². The van der Waals surface area contributed by atoms with Crippen LogP contribution in [0.15, 0.2) is 30.3 Å². The van der Waals surface area contributed by atoms with Crippen molar-refractivity contribution in [1.82, 2.24) is 10.7 Å². The topological polar surface area (TPSA) is 27.1 Å². The number of amidine groups is 1. The van der Waals surface area contributed by atoms with Crippen molar-refractivity contribution in [2.75, 3.05) is 0 Å². The monoisotopic (exact) mass is 208 g/mol. The normalized spacial score (nSPS) is 19.1. The van der Waals surface area contributed by atoms with Crippen LogP contribution in [0.25, 0.3) is 0 Å². The second-order valence-corrected chi connectivity index (χ2v) is 4.28. The molecule has 0 bridgehead atoms. The van der Waals surface area contributed by atoms with Gasteiger partial charge in [-0.25, -0.2) is 10.7 Å². The van der Waals surface area contributed by atoms with Crippen molar-refractivity contribution in [1.29, 1.82) is 0 Å². The van der Waals surface area contributed by atoms with Crippen LogP contribution in [0.5, 0.6) is 0 Å². The summed E-state index contributed by atoms with van der Waals surface area (Å²) in [6.07, 6.45) is 0. The van der Waals surface area contributed by atoms with Gasteiger partial charge in [-0.3, -0.25) is 0 Å². The summed E-state index contributed by atoms with van der Waals surface area (Å²) in [5.41, 5.74) is 4.24. The molecule has 1 aliphatic heterocycles. The van der Waals surface area contributed by atoms with Crippen LogP contribution >= 0.6 is 12.6 Å². The predicted molar refractivity (Wildman–Crippen MR) is 60.7 cm³/mol. The van der Waals surface area contributed by atoms with Gasteiger partial charge < -0.3 is 0 Å². The van der Waals surface area contributed by atoms with E-state index in [4.69, 9.17) is 0 Å². The van der Waals surface area contributed by atoms with Gasteiger partial charge in [0.15, 0.2) is 11.4 Å². The molecule has 1 aliphatic rings. The highest BCUT2D eigenvalue weighted by molar-refractivity contribution is 7.96. The molecule has 0 fully saturated rings. The molecule has 1 aromatic rings. The zero-order chi connectivity index (χ0) is 10.2. The zero-order valence-corrected chi connectivity index (χ0v) is 9.18. The number of nitrogens with one attached hydrogen (secondary N) is 2. The highest BCUT2D eigenvalue weighted by Gasteiger charge is 2.35. The van der Waals surface area contributed by atoms with Gasteiger partial charge in [-0.2, -0.15) is 0 Å². The fourth-order valence-corrected chi connectivity index (χ4v) is 1.90. The van der Waals surface area contributed by atoms with Crippen LogP contribution in [0, 0.1) is 0 Å². The maximum Gasteiger partial charge on any atom is 0.333 e. The molecule has 0 aliphatic carbocycles. The molecule has 0 unspecified atom stereocenters. The van der Waals surface area contributed by atoms with E-state index >= 15 is 0 Å². The fourth-order valence-electron chi connectivity index (χ4n) is 1.46. The van der Waals surface area contributed by atoms with Crippen molar-refractivity contribution < 1.29 is 4.68 Å². The van der Waals surface area contributed by atoms with E-state index in [9.17, 15) is 0 Å². The maximum absolute atomic E-state index is 4.38. The average Bonchev–Trinajstić information content (AvgIpc) is 2.41. The van der Waals surface area contributed by atoms with Crippen molar-refractivity contribution in [3.63, 3.8) is 0 Å². The molecule has 0 aromatic heterocycles. The van der Waals surface area contributed by atoms with Crippen LogP contribution in [0.2, 0.25) is 0 Å². The molecule has 0 spiro atoms. The Hall–Kier alpha value is -1.16. The van der Waals surface area contributed by atoms with Crippen molar-refractivity contribution in [3.05, 3.63) is 30.3 Å². The van der Waals surface area contributed by atoms with Crippen LogP contribution in [-0.4, -0.2) is 15.5 Å². The number of hydrogen-bond donors (Lipinski definition) is 3. The molecule has 0 radical (unpaired) electrons. The van der Waals surface area contributed by atoms with E-state index < -0.39 is 0 Å². The number of hydrazone groups is 1. The first-order valence-corrected chi connectivity index (χ1v) is 5.00. The minimum absolute atomic E-state index is 0.146. The highest BCUT2D eigenvalue weighted by atomic mass is 32.1. The minimum atomic E-state index is -0.146. The SMILES string of the molecule is CC1(C)NC(S)=[N+](c2ccccc2)N1. The molecule has 0 amide bonds. The number of benzene rings is 1. The Bertz CT molecular complexity index is 370. The molecular weight excluding hydrogens is 194 g/mol. The third kappa shape index (κ3) is 1.70. The zero-order valence-electron chi connectivity index (χ0n) is 8.28. The van der Waals surface area contributed by atoms with Crippen LogP contribution < -0.4 is 10.7 Å². The lowest BCUT2D eigenvalue weighted by molar-refractivity contribution is -0.506. The number of para-hydroxylation sites is 1. The second-order valence-electron chi connectivity index (χ2n) is 3.86. The van der Waals surface area contributed by atoms with Crippen molar-refractivity contribution in [3.8, 4) is 0 Å². The largest absolute Gasteiger partial charge is 0.333 e. The number of rotatable bonds is 1. The quantitative estimate of drug-likeness (QED) is 0.481. The van der Waals surface area contributed by atoms with Gasteiger partial charge in [0.2, 0.25) is 0 Å². The molecule has 14 heavy (non-hydrogen) atoms. The average molecular weight is 208 g/mol. The Labute approximate surface area is 89.2 Å². The molecule has 2 N–H and O–H groups in total. The molecule has 0 atom stereocenters. The first-order chi connectivity index (χ1) is 6.58. The van der Waals surface area contributed by atoms with Gasteiger partial charge in [-0.1, -0.05) is 30.8 Å². The maximum atomic E-state index is 4.38. The van der Waals surface area contributed by atoms with Crippen molar-refractivity contribution in [2.24, 2.45) is 0 Å². The van der Waals surface area contributed by atoms with Gasteiger partial charge in [0, 0.05) is 13.8 Å². The van der Waals surface area contributed by atoms with E-state index in [1.807, 2.05) is 35.0 Å². The lowest BCUT2D eigenvalue weighted by Gasteiger charge is -2.13. The lowest BCUT2D eigenvalue weighted by atomic mass is 10.3. The molecule has 0 saturated heterocycles. The summed E-state index contributed by atoms with van der Waals surface area (Å²) >= 11 is 4.38. The van der Waals surface area contributed by atoms with Crippen LogP contribution in [0.3, 0.4) is 0 Å². The molecule has 74 valence electrons. The van der Waals surface area contributed by atoms with Gasteiger partial charge in [-0.05, 0) is 12.1 Å². The van der Waals surface area contributed by atoms with Gasteiger partial charge >= 0.3 is 5.17 Å². The van der Waals surface area contributed by atoms with Gasteiger partial charge in [0.05, 0.1) is 0 Å². The Morgan fingerprint density at radius 2 is 1.86 bits per heavy atom. The number of thiol groups is 1. The van der Waals surface area contributed by atoms with E-state index in [2.05, 4.69) is 37.2 Å². The summed E-state index contributed by atoms with van der Waals surface area (Å²) in [6.45, 7) is 4.12. The molecule has 3 nitrogen and oxygen atoms in total. The molecule has 1 heterocycles. The standard InChI is InChI=1S/C10H13N3S/c1-10(2)11-9(14)13(12-10)8-6-4-3-5-7-8/h3-7,12H,1-2H3,(H,11,14)/p+1. The molecule has 2 rings (SSSR count). The van der Waals surface area contributed by atoms with E-state index in [0.717, 1.165) is 10.9 Å². The fraction of sp³-hybridized carbons (Fsp3) is 0.300. The van der Waals surface area contributed by atoms with Crippen LogP contribution in [-0.2, 0) is 0 Å². The molecule has 0 saturated carbocycles. The third-order valence-corrected chi connectivity index (χ3v) is 2.35. The Balaban J connectivity index is 2.33. The Morgan fingerprint density at radius 1 is 1.21 bits per heavy atom. The van der Waals surface area contributed by atoms with Gasteiger partial charge in [0.25, 0.3) is 0 Å². The highest BCUT2D eigenvalue weighted by Crippen LogP contribution is 2.15. The lowest BCUT2D eigenvalue weighted by Crippen LogP contribution is -2.46.